The molecule has 0 aliphatic heterocycles. The minimum atomic E-state index is -0.390. The van der Waals surface area contributed by atoms with E-state index in [4.69, 9.17) is 0 Å². The molecule has 23 heavy (non-hydrogen) atoms. The quantitative estimate of drug-likeness (QED) is 0.738. The van der Waals surface area contributed by atoms with Gasteiger partial charge in [0, 0.05) is 5.69 Å². The van der Waals surface area contributed by atoms with E-state index in [1.165, 1.54) is 18.2 Å². The van der Waals surface area contributed by atoms with E-state index in [1.54, 1.807) is 6.07 Å². The van der Waals surface area contributed by atoms with Gasteiger partial charge in [-0.25, -0.2) is 9.78 Å². The summed E-state index contributed by atoms with van der Waals surface area (Å²) in [6.45, 7) is 6.15. The van der Waals surface area contributed by atoms with Crippen LogP contribution in [0.2, 0.25) is 0 Å². The van der Waals surface area contributed by atoms with Crippen LogP contribution < -0.4 is 0 Å². The van der Waals surface area contributed by atoms with E-state index in [9.17, 15) is 4.79 Å². The molecule has 0 aliphatic carbocycles. The Morgan fingerprint density at radius 2 is 1.61 bits per heavy atom. The molecular formula is C20H29NO2. The summed E-state index contributed by atoms with van der Waals surface area (Å²) in [5, 5.41) is 0. The first-order valence-electron chi connectivity index (χ1n) is 7.85. The van der Waals surface area contributed by atoms with Crippen LogP contribution >= 0.6 is 0 Å². The fourth-order valence-corrected chi connectivity index (χ4v) is 2.05. The summed E-state index contributed by atoms with van der Waals surface area (Å²) in [5.41, 5.74) is 3.91. The zero-order chi connectivity index (χ0) is 16.4. The summed E-state index contributed by atoms with van der Waals surface area (Å²) in [4.78, 5) is 15.7. The maximum atomic E-state index is 11.4. The van der Waals surface area contributed by atoms with Crippen LogP contribution in [0.3, 0.4) is 0 Å². The van der Waals surface area contributed by atoms with Crippen molar-refractivity contribution in [2.75, 3.05) is 7.11 Å². The van der Waals surface area contributed by atoms with Crippen molar-refractivity contribution in [1.82, 2.24) is 4.98 Å². The molecule has 2 rings (SSSR count). The molecule has 0 saturated carbocycles. The minimum absolute atomic E-state index is 0. The third-order valence-electron chi connectivity index (χ3n) is 3.30. The molecule has 0 unspecified atom stereocenters. The Morgan fingerprint density at radius 3 is 2.17 bits per heavy atom. The van der Waals surface area contributed by atoms with E-state index >= 15 is 0 Å². The van der Waals surface area contributed by atoms with Crippen molar-refractivity contribution >= 4 is 5.97 Å². The van der Waals surface area contributed by atoms with E-state index in [1.807, 2.05) is 26.0 Å². The summed E-state index contributed by atoms with van der Waals surface area (Å²) in [7, 11) is 1.37. The summed E-state index contributed by atoms with van der Waals surface area (Å²) in [6.07, 6.45) is 2.79. The Kier molecular flexibility index (Phi) is 10.3. The Hall–Kier alpha value is -2.16. The molecular weight excluding hydrogens is 286 g/mol. The third kappa shape index (κ3) is 6.64. The molecule has 0 atom stereocenters. The first-order chi connectivity index (χ1) is 10.7. The highest BCUT2D eigenvalue weighted by Gasteiger charge is 2.07. The molecule has 0 bridgehead atoms. The molecule has 1 heterocycles. The summed E-state index contributed by atoms with van der Waals surface area (Å²) in [5.74, 6) is -0.390. The van der Waals surface area contributed by atoms with Crippen molar-refractivity contribution in [3.05, 3.63) is 65.0 Å². The molecule has 3 nitrogen and oxygen atoms in total. The first kappa shape index (κ1) is 20.8. The number of benzene rings is 1. The maximum absolute atomic E-state index is 11.4. The number of ether oxygens (including phenoxy) is 1. The van der Waals surface area contributed by atoms with Gasteiger partial charge in [-0.1, -0.05) is 58.5 Å². The number of aromatic nitrogens is 1. The molecule has 1 aromatic carbocycles. The lowest BCUT2D eigenvalue weighted by Crippen LogP contribution is -2.06. The topological polar surface area (TPSA) is 39.2 Å². The van der Waals surface area contributed by atoms with Crippen LogP contribution in [0.25, 0.3) is 0 Å². The molecule has 1 aromatic heterocycles. The van der Waals surface area contributed by atoms with Gasteiger partial charge in [0.15, 0.2) is 0 Å². The van der Waals surface area contributed by atoms with Crippen LogP contribution in [0.4, 0.5) is 0 Å². The largest absolute Gasteiger partial charge is 0.464 e. The normalized spacial score (nSPS) is 9.22. The number of pyridine rings is 1. The Morgan fingerprint density at radius 1 is 1.00 bits per heavy atom. The highest BCUT2D eigenvalue weighted by Crippen LogP contribution is 2.09. The number of carbonyl (C=O) groups is 1. The monoisotopic (exact) mass is 315 g/mol. The van der Waals surface area contributed by atoms with Gasteiger partial charge in [0.25, 0.3) is 0 Å². The number of rotatable bonds is 5. The summed E-state index contributed by atoms with van der Waals surface area (Å²) >= 11 is 0. The Labute approximate surface area is 140 Å². The second kappa shape index (κ2) is 11.4. The number of hydrogen-bond acceptors (Lipinski definition) is 3. The average molecular weight is 315 g/mol. The van der Waals surface area contributed by atoms with Gasteiger partial charge in [0.05, 0.1) is 7.11 Å². The van der Waals surface area contributed by atoms with Gasteiger partial charge in [-0.05, 0) is 42.5 Å². The van der Waals surface area contributed by atoms with Crippen LogP contribution in [0.5, 0.6) is 0 Å². The zero-order valence-electron chi connectivity index (χ0n) is 13.9. The standard InChI is InChI=1S/C17H19NO2.C2H6.CH4/c1-3-13-7-9-14(10-8-13)11-12-15-5-4-6-16(18-15)17(19)20-2;1-2;/h4-10H,3,11-12H2,1-2H3;1-2H3;1H4. The van der Waals surface area contributed by atoms with Crippen LogP contribution in [-0.2, 0) is 24.0 Å². The minimum Gasteiger partial charge on any atom is -0.464 e. The van der Waals surface area contributed by atoms with Gasteiger partial charge in [0.2, 0.25) is 0 Å². The molecule has 0 saturated heterocycles. The molecule has 0 amide bonds. The van der Waals surface area contributed by atoms with E-state index < -0.39 is 0 Å². The number of nitrogens with zero attached hydrogens (tertiary/aromatic N) is 1. The van der Waals surface area contributed by atoms with E-state index in [0.717, 1.165) is 25.0 Å². The lowest BCUT2D eigenvalue weighted by Gasteiger charge is -2.04. The lowest BCUT2D eigenvalue weighted by molar-refractivity contribution is 0.0593. The van der Waals surface area contributed by atoms with Crippen molar-refractivity contribution in [3.63, 3.8) is 0 Å². The molecule has 3 heteroatoms. The number of carbonyl (C=O) groups excluding carboxylic acids is 1. The molecule has 2 aromatic rings. The summed E-state index contributed by atoms with van der Waals surface area (Å²) < 4.78 is 4.68. The van der Waals surface area contributed by atoms with Crippen molar-refractivity contribution in [3.8, 4) is 0 Å². The number of methoxy groups -OCH3 is 1. The fraction of sp³-hybridized carbons (Fsp3) is 0.400. The molecule has 0 aliphatic rings. The van der Waals surface area contributed by atoms with E-state index in [-0.39, 0.29) is 13.4 Å². The molecule has 0 N–H and O–H groups in total. The smallest absolute Gasteiger partial charge is 0.356 e. The molecule has 0 fully saturated rings. The van der Waals surface area contributed by atoms with Gasteiger partial charge >= 0.3 is 5.97 Å². The second-order valence-corrected chi connectivity index (χ2v) is 4.68. The predicted octanol–water partition coefficient (Wildman–Crippen LogP) is 4.88. The zero-order valence-corrected chi connectivity index (χ0v) is 13.9. The number of esters is 1. The van der Waals surface area contributed by atoms with E-state index in [0.29, 0.717) is 5.69 Å². The Bertz CT molecular complexity index is 576. The van der Waals surface area contributed by atoms with Gasteiger partial charge in [0.1, 0.15) is 5.69 Å². The van der Waals surface area contributed by atoms with Crippen LogP contribution in [0, 0.1) is 0 Å². The number of hydrogen-bond donors (Lipinski definition) is 0. The maximum Gasteiger partial charge on any atom is 0.356 e. The van der Waals surface area contributed by atoms with Crippen LogP contribution in [0.1, 0.15) is 55.5 Å². The average Bonchev–Trinajstić information content (AvgIpc) is 2.61. The van der Waals surface area contributed by atoms with E-state index in [2.05, 4.69) is 40.9 Å². The highest BCUT2D eigenvalue weighted by atomic mass is 16.5. The van der Waals surface area contributed by atoms with Crippen molar-refractivity contribution in [1.29, 1.82) is 0 Å². The predicted molar refractivity (Wildman–Crippen MR) is 96.9 cm³/mol. The van der Waals surface area contributed by atoms with Gasteiger partial charge in [-0.2, -0.15) is 0 Å². The Balaban J connectivity index is 0.00000155. The van der Waals surface area contributed by atoms with Crippen LogP contribution in [0.15, 0.2) is 42.5 Å². The van der Waals surface area contributed by atoms with Gasteiger partial charge < -0.3 is 4.74 Å². The molecule has 126 valence electrons. The fourth-order valence-electron chi connectivity index (χ4n) is 2.05. The van der Waals surface area contributed by atoms with Crippen LogP contribution in [-0.4, -0.2) is 18.1 Å². The lowest BCUT2D eigenvalue weighted by atomic mass is 10.0. The SMILES string of the molecule is C.CC.CCc1ccc(CCc2cccc(C(=O)OC)n2)cc1. The van der Waals surface area contributed by atoms with Crippen molar-refractivity contribution in [2.45, 2.75) is 47.5 Å². The third-order valence-corrected chi connectivity index (χ3v) is 3.30. The molecule has 0 spiro atoms. The van der Waals surface area contributed by atoms with Crippen molar-refractivity contribution < 1.29 is 9.53 Å². The van der Waals surface area contributed by atoms with Crippen molar-refractivity contribution in [2.24, 2.45) is 0 Å². The van der Waals surface area contributed by atoms with Gasteiger partial charge in [-0.15, -0.1) is 0 Å². The highest BCUT2D eigenvalue weighted by molar-refractivity contribution is 5.87. The second-order valence-electron chi connectivity index (χ2n) is 4.68. The summed E-state index contributed by atoms with van der Waals surface area (Å²) in [6, 6.07) is 14.1. The molecule has 0 radical (unpaired) electrons. The first-order valence-corrected chi connectivity index (χ1v) is 7.85. The van der Waals surface area contributed by atoms with Gasteiger partial charge in [-0.3, -0.25) is 0 Å². The number of aryl methyl sites for hydroxylation is 3.